The minimum Gasteiger partial charge on any atom is -0.439 e. The molecule has 0 aliphatic heterocycles. The van der Waals surface area contributed by atoms with Crippen LogP contribution in [0, 0.1) is 13.8 Å². The zero-order valence-corrected chi connectivity index (χ0v) is 18.5. The molecule has 0 saturated heterocycles. The van der Waals surface area contributed by atoms with E-state index in [0.717, 1.165) is 22.5 Å². The quantitative estimate of drug-likeness (QED) is 0.436. The third-order valence-electron chi connectivity index (χ3n) is 5.02. The van der Waals surface area contributed by atoms with Crippen molar-refractivity contribution < 1.29 is 14.1 Å². The number of nitrogens with one attached hydrogen (secondary N) is 1. The Morgan fingerprint density at radius 2 is 1.88 bits per heavy atom. The summed E-state index contributed by atoms with van der Waals surface area (Å²) in [6.45, 7) is 4.70. The van der Waals surface area contributed by atoms with Crippen LogP contribution in [-0.2, 0) is 17.9 Å². The molecule has 0 aliphatic rings. The zero-order chi connectivity index (χ0) is 22.5. The van der Waals surface area contributed by atoms with Crippen molar-refractivity contribution in [1.82, 2.24) is 25.2 Å². The highest BCUT2D eigenvalue weighted by atomic mass is 35.5. The molecule has 1 amide bonds. The number of benzene rings is 2. The maximum Gasteiger partial charge on any atom is 0.418 e. The van der Waals surface area contributed by atoms with E-state index >= 15 is 0 Å². The van der Waals surface area contributed by atoms with Gasteiger partial charge in [-0.3, -0.25) is 14.0 Å². The molecule has 0 spiro atoms. The molecule has 2 aromatic heterocycles. The van der Waals surface area contributed by atoms with Gasteiger partial charge in [0.25, 0.3) is 5.91 Å². The van der Waals surface area contributed by atoms with Gasteiger partial charge in [0.2, 0.25) is 5.82 Å². The normalized spacial score (nSPS) is 10.8. The minimum atomic E-state index is -0.308. The Bertz CT molecular complexity index is 1220. The molecule has 164 valence electrons. The standard InChI is InChI=1S/C23H22ClN5O3/c1-15-19(16(2)29(27-15)13-17-8-4-3-5-9-17)12-25-21(30)14-31-23-26-22(28-32-23)18-10-6-7-11-20(18)24/h3-11H,12-14H2,1-2H3,(H,25,30). The molecule has 0 atom stereocenters. The second kappa shape index (κ2) is 9.65. The third-order valence-corrected chi connectivity index (χ3v) is 5.35. The first-order valence-corrected chi connectivity index (χ1v) is 10.4. The Morgan fingerprint density at radius 3 is 2.66 bits per heavy atom. The number of carbonyl (C=O) groups excluding carboxylic acids is 1. The summed E-state index contributed by atoms with van der Waals surface area (Å²) in [6, 6.07) is 17.2. The Hall–Kier alpha value is -3.65. The molecule has 0 bridgehead atoms. The molecule has 4 aromatic rings. The first kappa shape index (κ1) is 21.6. The van der Waals surface area contributed by atoms with Crippen LogP contribution in [0.4, 0.5) is 0 Å². The SMILES string of the molecule is Cc1nn(Cc2ccccc2)c(C)c1CNC(=O)COc1nc(-c2ccccc2Cl)no1. The van der Waals surface area contributed by atoms with Crippen molar-refractivity contribution in [2.45, 2.75) is 26.9 Å². The van der Waals surface area contributed by atoms with E-state index in [1.54, 1.807) is 12.1 Å². The van der Waals surface area contributed by atoms with E-state index in [1.165, 1.54) is 0 Å². The van der Waals surface area contributed by atoms with Crippen LogP contribution in [0.25, 0.3) is 11.4 Å². The van der Waals surface area contributed by atoms with Crippen molar-refractivity contribution in [3.05, 3.63) is 82.1 Å². The van der Waals surface area contributed by atoms with Gasteiger partial charge in [-0.05, 0) is 31.5 Å². The zero-order valence-electron chi connectivity index (χ0n) is 17.7. The molecule has 32 heavy (non-hydrogen) atoms. The summed E-state index contributed by atoms with van der Waals surface area (Å²) in [7, 11) is 0. The second-order valence-electron chi connectivity index (χ2n) is 7.22. The first-order valence-electron chi connectivity index (χ1n) is 10.1. The highest BCUT2D eigenvalue weighted by Crippen LogP contribution is 2.26. The molecular formula is C23H22ClN5O3. The Morgan fingerprint density at radius 1 is 1.12 bits per heavy atom. The molecule has 0 fully saturated rings. The predicted octanol–water partition coefficient (Wildman–Crippen LogP) is 3.95. The number of halogens is 1. The fourth-order valence-corrected chi connectivity index (χ4v) is 3.51. The maximum absolute atomic E-state index is 12.3. The summed E-state index contributed by atoms with van der Waals surface area (Å²) < 4.78 is 12.3. The van der Waals surface area contributed by atoms with Crippen LogP contribution in [0.5, 0.6) is 6.08 Å². The maximum atomic E-state index is 12.3. The van der Waals surface area contributed by atoms with Gasteiger partial charge >= 0.3 is 6.08 Å². The van der Waals surface area contributed by atoms with Gasteiger partial charge in [-0.25, -0.2) is 0 Å². The highest BCUT2D eigenvalue weighted by Gasteiger charge is 2.15. The average molecular weight is 452 g/mol. The molecule has 4 rings (SSSR count). The molecule has 2 heterocycles. The van der Waals surface area contributed by atoms with E-state index in [9.17, 15) is 4.79 Å². The summed E-state index contributed by atoms with van der Waals surface area (Å²) in [5, 5.41) is 11.8. The van der Waals surface area contributed by atoms with E-state index in [1.807, 2.05) is 48.9 Å². The topological polar surface area (TPSA) is 95.1 Å². The summed E-state index contributed by atoms with van der Waals surface area (Å²) in [6.07, 6.45) is -0.0990. The van der Waals surface area contributed by atoms with Crippen LogP contribution in [0.1, 0.15) is 22.5 Å². The van der Waals surface area contributed by atoms with E-state index in [4.69, 9.17) is 20.9 Å². The van der Waals surface area contributed by atoms with Gasteiger partial charge in [-0.15, -0.1) is 0 Å². The lowest BCUT2D eigenvalue weighted by atomic mass is 10.2. The molecule has 0 saturated carbocycles. The van der Waals surface area contributed by atoms with Crippen molar-refractivity contribution in [3.8, 4) is 17.5 Å². The highest BCUT2D eigenvalue weighted by molar-refractivity contribution is 6.33. The number of rotatable bonds is 8. The van der Waals surface area contributed by atoms with Crippen molar-refractivity contribution in [3.63, 3.8) is 0 Å². The average Bonchev–Trinajstić information content (AvgIpc) is 3.36. The Labute approximate surface area is 190 Å². The first-order chi connectivity index (χ1) is 15.5. The van der Waals surface area contributed by atoms with Gasteiger partial charge < -0.3 is 10.1 Å². The van der Waals surface area contributed by atoms with Gasteiger partial charge in [0.1, 0.15) is 0 Å². The molecule has 2 aromatic carbocycles. The van der Waals surface area contributed by atoms with E-state index in [-0.39, 0.29) is 18.6 Å². The fourth-order valence-electron chi connectivity index (χ4n) is 3.29. The van der Waals surface area contributed by atoms with Gasteiger partial charge in [0.05, 0.1) is 17.3 Å². The van der Waals surface area contributed by atoms with Crippen LogP contribution in [-0.4, -0.2) is 32.4 Å². The van der Waals surface area contributed by atoms with Crippen LogP contribution >= 0.6 is 11.6 Å². The van der Waals surface area contributed by atoms with Gasteiger partial charge in [0.15, 0.2) is 6.61 Å². The summed E-state index contributed by atoms with van der Waals surface area (Å²) in [5.41, 5.74) is 4.65. The number of hydrogen-bond donors (Lipinski definition) is 1. The van der Waals surface area contributed by atoms with E-state index in [0.29, 0.717) is 29.5 Å². The lowest BCUT2D eigenvalue weighted by Crippen LogP contribution is -2.28. The van der Waals surface area contributed by atoms with Crippen molar-refractivity contribution in [1.29, 1.82) is 0 Å². The summed E-state index contributed by atoms with van der Waals surface area (Å²) >= 11 is 6.13. The molecule has 1 N–H and O–H groups in total. The minimum absolute atomic E-state index is 0.0990. The lowest BCUT2D eigenvalue weighted by Gasteiger charge is -2.07. The number of nitrogens with zero attached hydrogens (tertiary/aromatic N) is 4. The van der Waals surface area contributed by atoms with Gasteiger partial charge in [0, 0.05) is 23.4 Å². The number of aromatic nitrogens is 4. The molecular weight excluding hydrogens is 430 g/mol. The largest absolute Gasteiger partial charge is 0.439 e. The second-order valence-corrected chi connectivity index (χ2v) is 7.63. The Kier molecular flexibility index (Phi) is 6.51. The van der Waals surface area contributed by atoms with Crippen LogP contribution in [0.15, 0.2) is 59.1 Å². The predicted molar refractivity (Wildman–Crippen MR) is 119 cm³/mol. The molecule has 0 unspecified atom stereocenters. The number of amides is 1. The number of aryl methyl sites for hydroxylation is 1. The van der Waals surface area contributed by atoms with Crippen molar-refractivity contribution >= 4 is 17.5 Å². The number of hydrogen-bond acceptors (Lipinski definition) is 6. The Balaban J connectivity index is 1.32. The molecule has 8 nitrogen and oxygen atoms in total. The summed E-state index contributed by atoms with van der Waals surface area (Å²) in [4.78, 5) is 16.4. The lowest BCUT2D eigenvalue weighted by molar-refractivity contribution is -0.123. The van der Waals surface area contributed by atoms with Crippen LogP contribution in [0.2, 0.25) is 5.02 Å². The third kappa shape index (κ3) is 4.97. The monoisotopic (exact) mass is 451 g/mol. The van der Waals surface area contributed by atoms with Gasteiger partial charge in [-0.2, -0.15) is 10.1 Å². The molecule has 0 aliphatic carbocycles. The fraction of sp³-hybridized carbons (Fsp3) is 0.217. The van der Waals surface area contributed by atoms with E-state index < -0.39 is 0 Å². The van der Waals surface area contributed by atoms with E-state index in [2.05, 4.69) is 32.7 Å². The number of carbonyl (C=O) groups is 1. The number of ether oxygens (including phenoxy) is 1. The summed E-state index contributed by atoms with van der Waals surface area (Å²) in [5.74, 6) is -0.0137. The van der Waals surface area contributed by atoms with Crippen LogP contribution in [0.3, 0.4) is 0 Å². The smallest absolute Gasteiger partial charge is 0.418 e. The van der Waals surface area contributed by atoms with Crippen molar-refractivity contribution in [2.75, 3.05) is 6.61 Å². The van der Waals surface area contributed by atoms with Crippen molar-refractivity contribution in [2.24, 2.45) is 0 Å². The molecule has 9 heteroatoms. The van der Waals surface area contributed by atoms with Crippen LogP contribution < -0.4 is 10.1 Å². The van der Waals surface area contributed by atoms with Gasteiger partial charge in [-0.1, -0.05) is 59.2 Å². The molecule has 0 radical (unpaired) electrons.